The van der Waals surface area contributed by atoms with Crippen LogP contribution in [0.5, 0.6) is 0 Å². The van der Waals surface area contributed by atoms with Gasteiger partial charge in [0, 0.05) is 5.69 Å². The molecule has 0 aliphatic heterocycles. The molecule has 0 saturated carbocycles. The smallest absolute Gasteiger partial charge is 0.276 e. The number of hydrogen-bond donors (Lipinski definition) is 1. The minimum atomic E-state index is -0.0949. The van der Waals surface area contributed by atoms with E-state index in [1.807, 2.05) is 37.4 Å². The molecule has 1 N–H and O–H groups in total. The van der Waals surface area contributed by atoms with Crippen LogP contribution in [0.15, 0.2) is 28.4 Å². The highest BCUT2D eigenvalue weighted by Crippen LogP contribution is 2.17. The number of pyridine rings is 1. The van der Waals surface area contributed by atoms with Crippen LogP contribution < -0.4 is 5.56 Å². The monoisotopic (exact) mass is 289 g/mol. The minimum Gasteiger partial charge on any atom is -0.331 e. The number of fused-ring (bicyclic) bond motifs is 1. The summed E-state index contributed by atoms with van der Waals surface area (Å²) in [6, 6.07) is 5.62. The maximum Gasteiger partial charge on any atom is 0.276 e. The Hall–Kier alpha value is -1.79. The molecule has 3 aromatic heterocycles. The van der Waals surface area contributed by atoms with Crippen LogP contribution >= 0.6 is 23.6 Å². The van der Waals surface area contributed by atoms with Crippen molar-refractivity contribution in [3.05, 3.63) is 50.1 Å². The average Bonchev–Trinajstić information content (AvgIpc) is 2.80. The van der Waals surface area contributed by atoms with Gasteiger partial charge in [0.2, 0.25) is 0 Å². The average molecular weight is 289 g/mol. The molecule has 3 aromatic rings. The van der Waals surface area contributed by atoms with Crippen LogP contribution in [0.4, 0.5) is 0 Å². The fraction of sp³-hybridized carbons (Fsp3) is 0.154. The van der Waals surface area contributed by atoms with Gasteiger partial charge in [0.1, 0.15) is 4.70 Å². The van der Waals surface area contributed by atoms with Gasteiger partial charge in [0.15, 0.2) is 4.77 Å². The van der Waals surface area contributed by atoms with Crippen molar-refractivity contribution in [1.82, 2.24) is 14.5 Å². The number of nitrogens with zero attached hydrogens (tertiary/aromatic N) is 2. The van der Waals surface area contributed by atoms with Gasteiger partial charge < -0.3 is 4.98 Å². The van der Waals surface area contributed by atoms with Gasteiger partial charge in [-0.3, -0.25) is 14.3 Å². The zero-order chi connectivity index (χ0) is 13.6. The van der Waals surface area contributed by atoms with Gasteiger partial charge in [-0.2, -0.15) is 0 Å². The maximum atomic E-state index is 12.5. The highest BCUT2D eigenvalue weighted by molar-refractivity contribution is 7.71. The summed E-state index contributed by atoms with van der Waals surface area (Å²) in [5.41, 5.74) is 3.13. The van der Waals surface area contributed by atoms with E-state index < -0.39 is 0 Å². The molecule has 0 bridgehead atoms. The zero-order valence-electron chi connectivity index (χ0n) is 10.4. The third kappa shape index (κ3) is 1.93. The molecule has 19 heavy (non-hydrogen) atoms. The molecule has 0 aliphatic carbocycles. The number of nitrogens with one attached hydrogen (secondary N) is 1. The van der Waals surface area contributed by atoms with Gasteiger partial charge in [0.05, 0.1) is 16.9 Å². The number of aromatic amines is 1. The Bertz CT molecular complexity index is 889. The summed E-state index contributed by atoms with van der Waals surface area (Å²) in [4.78, 5) is 20.0. The molecule has 0 fully saturated rings. The van der Waals surface area contributed by atoms with E-state index in [1.165, 1.54) is 15.9 Å². The number of rotatable bonds is 1. The van der Waals surface area contributed by atoms with Crippen LogP contribution in [0, 0.1) is 18.6 Å². The van der Waals surface area contributed by atoms with Crippen molar-refractivity contribution in [2.45, 2.75) is 13.8 Å². The van der Waals surface area contributed by atoms with Crippen molar-refractivity contribution in [3.8, 4) is 5.69 Å². The number of hydrogen-bond acceptors (Lipinski definition) is 4. The summed E-state index contributed by atoms with van der Waals surface area (Å²) in [6.07, 6.45) is 0. The predicted molar refractivity (Wildman–Crippen MR) is 79.9 cm³/mol. The molecule has 96 valence electrons. The maximum absolute atomic E-state index is 12.5. The first-order valence-electron chi connectivity index (χ1n) is 5.75. The quantitative estimate of drug-likeness (QED) is 0.700. The summed E-state index contributed by atoms with van der Waals surface area (Å²) < 4.78 is 2.58. The molecule has 0 amide bonds. The van der Waals surface area contributed by atoms with Crippen molar-refractivity contribution in [1.29, 1.82) is 0 Å². The van der Waals surface area contributed by atoms with Gasteiger partial charge in [-0.1, -0.05) is 0 Å². The Morgan fingerprint density at radius 2 is 2.11 bits per heavy atom. The van der Waals surface area contributed by atoms with E-state index in [2.05, 4.69) is 9.97 Å². The summed E-state index contributed by atoms with van der Waals surface area (Å²) in [6.45, 7) is 3.80. The predicted octanol–water partition coefficient (Wildman–Crippen LogP) is 3.12. The molecule has 0 radical (unpaired) electrons. The van der Waals surface area contributed by atoms with Gasteiger partial charge in [-0.15, -0.1) is 11.3 Å². The van der Waals surface area contributed by atoms with Crippen molar-refractivity contribution in [3.63, 3.8) is 0 Å². The molecule has 0 unspecified atom stereocenters. The Kier molecular flexibility index (Phi) is 2.83. The second-order valence-corrected chi connectivity index (χ2v) is 5.59. The zero-order valence-corrected chi connectivity index (χ0v) is 12.1. The Morgan fingerprint density at radius 1 is 1.32 bits per heavy atom. The standard InChI is InChI=1S/C13H11N3OS2/c1-7-3-4-10(8(2)14-7)16-12(17)11-9(5-6-19-11)15-13(16)18/h3-6H,1-2H3,(H,15,18). The molecule has 4 nitrogen and oxygen atoms in total. The Labute approximate surface area is 118 Å². The lowest BCUT2D eigenvalue weighted by Gasteiger charge is -2.09. The first-order valence-corrected chi connectivity index (χ1v) is 7.04. The van der Waals surface area contributed by atoms with Gasteiger partial charge in [-0.05, 0) is 49.6 Å². The van der Waals surface area contributed by atoms with Crippen LogP contribution in [0.2, 0.25) is 0 Å². The first kappa shape index (κ1) is 12.3. The van der Waals surface area contributed by atoms with E-state index in [-0.39, 0.29) is 5.56 Å². The molecule has 6 heteroatoms. The van der Waals surface area contributed by atoms with E-state index in [0.717, 1.165) is 22.6 Å². The summed E-state index contributed by atoms with van der Waals surface area (Å²) in [5.74, 6) is 0. The number of aromatic nitrogens is 3. The Morgan fingerprint density at radius 3 is 2.84 bits per heavy atom. The van der Waals surface area contributed by atoms with Crippen LogP contribution in [0.1, 0.15) is 11.4 Å². The molecule has 3 rings (SSSR count). The highest BCUT2D eigenvalue weighted by Gasteiger charge is 2.11. The van der Waals surface area contributed by atoms with E-state index in [1.54, 1.807) is 0 Å². The molecule has 0 aliphatic rings. The third-order valence-electron chi connectivity index (χ3n) is 2.95. The van der Waals surface area contributed by atoms with Crippen molar-refractivity contribution in [2.75, 3.05) is 0 Å². The number of H-pyrrole nitrogens is 1. The highest BCUT2D eigenvalue weighted by atomic mass is 32.1. The first-order chi connectivity index (χ1) is 9.08. The molecule has 0 saturated heterocycles. The minimum absolute atomic E-state index is 0.0949. The van der Waals surface area contributed by atoms with Gasteiger partial charge in [-0.25, -0.2) is 0 Å². The van der Waals surface area contributed by atoms with Crippen LogP contribution in [0.25, 0.3) is 15.9 Å². The lowest BCUT2D eigenvalue weighted by molar-refractivity contribution is 0.913. The largest absolute Gasteiger partial charge is 0.331 e. The van der Waals surface area contributed by atoms with Crippen molar-refractivity contribution in [2.24, 2.45) is 0 Å². The molecule has 0 atom stereocenters. The fourth-order valence-electron chi connectivity index (χ4n) is 2.07. The van der Waals surface area contributed by atoms with Crippen molar-refractivity contribution < 1.29 is 0 Å². The summed E-state index contributed by atoms with van der Waals surface area (Å²) in [5, 5.41) is 1.88. The van der Waals surface area contributed by atoms with E-state index in [0.29, 0.717) is 9.47 Å². The molecule has 3 heterocycles. The van der Waals surface area contributed by atoms with Crippen LogP contribution in [-0.2, 0) is 0 Å². The SMILES string of the molecule is Cc1ccc(-n2c(=S)[nH]c3ccsc3c2=O)c(C)n1. The van der Waals surface area contributed by atoms with E-state index in [4.69, 9.17) is 12.2 Å². The number of aryl methyl sites for hydroxylation is 2. The van der Waals surface area contributed by atoms with Crippen molar-refractivity contribution >= 4 is 33.8 Å². The molecule has 0 aromatic carbocycles. The third-order valence-corrected chi connectivity index (χ3v) is 4.13. The Balaban J connectivity index is 2.42. The summed E-state index contributed by atoms with van der Waals surface area (Å²) >= 11 is 6.70. The van der Waals surface area contributed by atoms with Gasteiger partial charge in [0.25, 0.3) is 5.56 Å². The lowest BCUT2D eigenvalue weighted by atomic mass is 10.2. The van der Waals surface area contributed by atoms with E-state index >= 15 is 0 Å². The van der Waals surface area contributed by atoms with E-state index in [9.17, 15) is 4.79 Å². The van der Waals surface area contributed by atoms with Gasteiger partial charge >= 0.3 is 0 Å². The second kappa shape index (κ2) is 4.40. The second-order valence-electron chi connectivity index (χ2n) is 4.29. The van der Waals surface area contributed by atoms with Crippen LogP contribution in [0.3, 0.4) is 0 Å². The normalized spacial score (nSPS) is 11.1. The molecular weight excluding hydrogens is 278 g/mol. The summed E-state index contributed by atoms with van der Waals surface area (Å²) in [7, 11) is 0. The number of thiophene rings is 1. The van der Waals surface area contributed by atoms with Crippen LogP contribution in [-0.4, -0.2) is 14.5 Å². The fourth-order valence-corrected chi connectivity index (χ4v) is 3.14. The topological polar surface area (TPSA) is 50.7 Å². The molecule has 0 spiro atoms. The lowest BCUT2D eigenvalue weighted by Crippen LogP contribution is -2.20. The molecular formula is C13H11N3OS2.